The second-order valence-electron chi connectivity index (χ2n) is 4.02. The van der Waals surface area contributed by atoms with Gasteiger partial charge in [-0.25, -0.2) is 0 Å². The van der Waals surface area contributed by atoms with Crippen molar-refractivity contribution in [2.24, 2.45) is 0 Å². The minimum Gasteiger partial charge on any atom is -0.381 e. The molecule has 90 valence electrons. The smallest absolute Gasteiger partial charge is 0.0737 e. The molecule has 17 heavy (non-hydrogen) atoms. The summed E-state index contributed by atoms with van der Waals surface area (Å²) in [4.78, 5) is 4.33. The maximum Gasteiger partial charge on any atom is 0.0737 e. The molecule has 0 saturated carbocycles. The maximum absolute atomic E-state index is 5.96. The normalized spacial score (nSPS) is 12.6. The first-order valence-corrected chi connectivity index (χ1v) is 7.27. The van der Waals surface area contributed by atoms with Gasteiger partial charge in [0.1, 0.15) is 0 Å². The van der Waals surface area contributed by atoms with Crippen LogP contribution in [0.5, 0.6) is 0 Å². The zero-order chi connectivity index (χ0) is 12.3. The molecule has 0 aliphatic carbocycles. The molecule has 1 unspecified atom stereocenters. The number of pyridine rings is 1. The summed E-state index contributed by atoms with van der Waals surface area (Å²) in [6.45, 7) is 2.18. The summed E-state index contributed by atoms with van der Waals surface area (Å²) in [6, 6.07) is 8.25. The van der Waals surface area contributed by atoms with Gasteiger partial charge in [-0.15, -0.1) is 0 Å². The highest BCUT2D eigenvalue weighted by atomic mass is 35.5. The standard InChI is InChI=1S/C13H15ClN2S/c1-9(8-17-2)16-12-5-6-15-13-7-10(14)3-4-11(12)13/h3-7,9H,8H2,1-2H3,(H,15,16). The van der Waals surface area contributed by atoms with Gasteiger partial charge in [-0.3, -0.25) is 4.98 Å². The monoisotopic (exact) mass is 266 g/mol. The number of hydrogen-bond acceptors (Lipinski definition) is 3. The highest BCUT2D eigenvalue weighted by Crippen LogP contribution is 2.25. The molecule has 1 heterocycles. The Labute approximate surface area is 111 Å². The van der Waals surface area contributed by atoms with Gasteiger partial charge in [-0.05, 0) is 37.4 Å². The quantitative estimate of drug-likeness (QED) is 0.904. The lowest BCUT2D eigenvalue weighted by molar-refractivity contribution is 0.916. The van der Waals surface area contributed by atoms with Crippen LogP contribution in [0.4, 0.5) is 5.69 Å². The summed E-state index contributed by atoms with van der Waals surface area (Å²) >= 11 is 7.80. The minimum atomic E-state index is 0.436. The highest BCUT2D eigenvalue weighted by molar-refractivity contribution is 7.98. The molecule has 0 radical (unpaired) electrons. The van der Waals surface area contributed by atoms with E-state index in [1.54, 1.807) is 0 Å². The van der Waals surface area contributed by atoms with E-state index in [-0.39, 0.29) is 0 Å². The number of fused-ring (bicyclic) bond motifs is 1. The Hall–Kier alpha value is -0.930. The second kappa shape index (κ2) is 5.61. The lowest BCUT2D eigenvalue weighted by Crippen LogP contribution is -2.17. The first kappa shape index (κ1) is 12.5. The van der Waals surface area contributed by atoms with Gasteiger partial charge in [0, 0.05) is 34.1 Å². The molecule has 2 rings (SSSR count). The van der Waals surface area contributed by atoms with Gasteiger partial charge in [-0.1, -0.05) is 11.6 Å². The molecule has 1 N–H and O–H groups in total. The SMILES string of the molecule is CSCC(C)Nc1ccnc2cc(Cl)ccc12. The second-order valence-corrected chi connectivity index (χ2v) is 5.37. The van der Waals surface area contributed by atoms with E-state index in [9.17, 15) is 0 Å². The van der Waals surface area contributed by atoms with Crippen molar-refractivity contribution in [1.29, 1.82) is 0 Å². The van der Waals surface area contributed by atoms with Gasteiger partial charge in [0.2, 0.25) is 0 Å². The Morgan fingerprint density at radius 1 is 1.41 bits per heavy atom. The van der Waals surface area contributed by atoms with E-state index < -0.39 is 0 Å². The number of anilines is 1. The predicted octanol–water partition coefficient (Wildman–Crippen LogP) is 4.05. The van der Waals surface area contributed by atoms with Gasteiger partial charge in [0.25, 0.3) is 0 Å². The number of benzene rings is 1. The van der Waals surface area contributed by atoms with Crippen LogP contribution in [0.2, 0.25) is 5.02 Å². The Morgan fingerprint density at radius 2 is 2.24 bits per heavy atom. The van der Waals surface area contributed by atoms with Crippen LogP contribution < -0.4 is 5.32 Å². The van der Waals surface area contributed by atoms with Gasteiger partial charge in [0.15, 0.2) is 0 Å². The van der Waals surface area contributed by atoms with E-state index in [0.717, 1.165) is 27.4 Å². The molecule has 4 heteroatoms. The summed E-state index contributed by atoms with van der Waals surface area (Å²) in [5, 5.41) is 5.34. The van der Waals surface area contributed by atoms with Crippen LogP contribution in [-0.4, -0.2) is 23.0 Å². The number of nitrogens with one attached hydrogen (secondary N) is 1. The van der Waals surface area contributed by atoms with Crippen LogP contribution in [0.1, 0.15) is 6.92 Å². The van der Waals surface area contributed by atoms with Crippen LogP contribution in [0.3, 0.4) is 0 Å². The van der Waals surface area contributed by atoms with Crippen LogP contribution in [0.25, 0.3) is 10.9 Å². The Balaban J connectivity index is 2.34. The molecule has 0 aliphatic heterocycles. The van der Waals surface area contributed by atoms with Gasteiger partial charge < -0.3 is 5.32 Å². The molecule has 1 aromatic heterocycles. The van der Waals surface area contributed by atoms with E-state index in [1.165, 1.54) is 0 Å². The lowest BCUT2D eigenvalue weighted by Gasteiger charge is -2.15. The molecular formula is C13H15ClN2S. The van der Waals surface area contributed by atoms with Crippen LogP contribution in [-0.2, 0) is 0 Å². The Morgan fingerprint density at radius 3 is 3.00 bits per heavy atom. The molecule has 2 aromatic rings. The number of aromatic nitrogens is 1. The van der Waals surface area contributed by atoms with Crippen molar-refractivity contribution >= 4 is 40.0 Å². The van der Waals surface area contributed by atoms with E-state index in [1.807, 2.05) is 42.2 Å². The predicted molar refractivity (Wildman–Crippen MR) is 78.2 cm³/mol. The Kier molecular flexibility index (Phi) is 4.13. The molecule has 2 nitrogen and oxygen atoms in total. The van der Waals surface area contributed by atoms with E-state index in [4.69, 9.17) is 11.6 Å². The summed E-state index contributed by atoms with van der Waals surface area (Å²) in [7, 11) is 0. The average molecular weight is 267 g/mol. The third-order valence-corrected chi connectivity index (χ3v) is 3.59. The van der Waals surface area contributed by atoms with Gasteiger partial charge in [-0.2, -0.15) is 11.8 Å². The van der Waals surface area contributed by atoms with Crippen molar-refractivity contribution in [3.05, 3.63) is 35.5 Å². The molecule has 0 saturated heterocycles. The third-order valence-electron chi connectivity index (χ3n) is 2.52. The topological polar surface area (TPSA) is 24.9 Å². The Bertz CT molecular complexity index is 516. The first-order chi connectivity index (χ1) is 8.20. The van der Waals surface area contributed by atoms with Crippen molar-refractivity contribution in [2.45, 2.75) is 13.0 Å². The van der Waals surface area contributed by atoms with Crippen molar-refractivity contribution in [2.75, 3.05) is 17.3 Å². The molecule has 0 amide bonds. The molecule has 1 atom stereocenters. The van der Waals surface area contributed by atoms with Crippen molar-refractivity contribution in [3.63, 3.8) is 0 Å². The lowest BCUT2D eigenvalue weighted by atomic mass is 10.2. The van der Waals surface area contributed by atoms with Crippen molar-refractivity contribution in [1.82, 2.24) is 4.98 Å². The fourth-order valence-corrected chi connectivity index (χ4v) is 2.55. The zero-order valence-corrected chi connectivity index (χ0v) is 11.5. The first-order valence-electron chi connectivity index (χ1n) is 5.50. The van der Waals surface area contributed by atoms with Crippen LogP contribution in [0.15, 0.2) is 30.5 Å². The van der Waals surface area contributed by atoms with Gasteiger partial charge in [0.05, 0.1) is 5.52 Å². The largest absolute Gasteiger partial charge is 0.381 e. The van der Waals surface area contributed by atoms with Crippen molar-refractivity contribution in [3.8, 4) is 0 Å². The van der Waals surface area contributed by atoms with Crippen molar-refractivity contribution < 1.29 is 0 Å². The number of halogens is 1. The van der Waals surface area contributed by atoms with Crippen LogP contribution >= 0.6 is 23.4 Å². The molecule has 0 fully saturated rings. The van der Waals surface area contributed by atoms with E-state index in [2.05, 4.69) is 23.5 Å². The maximum atomic E-state index is 5.96. The summed E-state index contributed by atoms with van der Waals surface area (Å²) in [6.07, 6.45) is 3.93. The van der Waals surface area contributed by atoms with Crippen LogP contribution in [0, 0.1) is 0 Å². The number of rotatable bonds is 4. The zero-order valence-electron chi connectivity index (χ0n) is 9.90. The fraction of sp³-hybridized carbons (Fsp3) is 0.308. The number of nitrogens with zero attached hydrogens (tertiary/aromatic N) is 1. The van der Waals surface area contributed by atoms with E-state index >= 15 is 0 Å². The minimum absolute atomic E-state index is 0.436. The highest BCUT2D eigenvalue weighted by Gasteiger charge is 2.05. The van der Waals surface area contributed by atoms with E-state index in [0.29, 0.717) is 6.04 Å². The summed E-state index contributed by atoms with van der Waals surface area (Å²) < 4.78 is 0. The number of thioether (sulfide) groups is 1. The fourth-order valence-electron chi connectivity index (χ4n) is 1.80. The molecule has 0 aliphatic rings. The summed E-state index contributed by atoms with van der Waals surface area (Å²) in [5.74, 6) is 1.08. The third kappa shape index (κ3) is 3.05. The number of hydrogen-bond donors (Lipinski definition) is 1. The summed E-state index contributed by atoms with van der Waals surface area (Å²) in [5.41, 5.74) is 2.05. The van der Waals surface area contributed by atoms with Gasteiger partial charge >= 0.3 is 0 Å². The molecular weight excluding hydrogens is 252 g/mol. The molecule has 1 aromatic carbocycles. The molecule has 0 bridgehead atoms. The molecule has 0 spiro atoms. The average Bonchev–Trinajstić information content (AvgIpc) is 2.29.